The summed E-state index contributed by atoms with van der Waals surface area (Å²) in [6.45, 7) is 6.06. The minimum Gasteiger partial charge on any atom is -0.356 e. The monoisotopic (exact) mass is 401 g/mol. The number of piperidine rings is 1. The van der Waals surface area contributed by atoms with Gasteiger partial charge in [-0.05, 0) is 69.5 Å². The average molecular weight is 402 g/mol. The van der Waals surface area contributed by atoms with E-state index in [2.05, 4.69) is 20.5 Å². The summed E-state index contributed by atoms with van der Waals surface area (Å²) in [6, 6.07) is 17.2. The molecular formula is C24H27N5O. The van der Waals surface area contributed by atoms with Crippen LogP contribution >= 0.6 is 0 Å². The number of hydrogen-bond donors (Lipinski definition) is 2. The molecule has 0 atom stereocenters. The quantitative estimate of drug-likeness (QED) is 0.624. The third-order valence-corrected chi connectivity index (χ3v) is 5.20. The molecule has 4 rings (SSSR count). The average Bonchev–Trinajstić information content (AvgIpc) is 2.75. The van der Waals surface area contributed by atoms with Crippen LogP contribution in [0.15, 0.2) is 54.6 Å². The third kappa shape index (κ3) is 4.95. The molecule has 0 aliphatic carbocycles. The molecule has 6 heteroatoms. The number of amides is 1. The van der Waals surface area contributed by atoms with Gasteiger partial charge in [-0.25, -0.2) is 4.98 Å². The molecule has 1 aliphatic heterocycles. The normalized spacial score (nSPS) is 13.7. The van der Waals surface area contributed by atoms with Gasteiger partial charge in [0.1, 0.15) is 5.82 Å². The maximum Gasteiger partial charge on any atom is 0.255 e. The lowest BCUT2D eigenvalue weighted by molar-refractivity contribution is 0.102. The molecule has 6 nitrogen and oxygen atoms in total. The number of nitrogens with zero attached hydrogens (tertiary/aromatic N) is 3. The lowest BCUT2D eigenvalue weighted by Crippen LogP contribution is -2.30. The van der Waals surface area contributed by atoms with E-state index in [-0.39, 0.29) is 5.91 Å². The number of benzene rings is 2. The van der Waals surface area contributed by atoms with E-state index in [9.17, 15) is 4.79 Å². The molecule has 0 spiro atoms. The molecule has 1 saturated heterocycles. The van der Waals surface area contributed by atoms with Crippen LogP contribution in [0.2, 0.25) is 0 Å². The predicted molar refractivity (Wildman–Crippen MR) is 122 cm³/mol. The Bertz CT molecular complexity index is 1030. The van der Waals surface area contributed by atoms with Crippen LogP contribution in [0.4, 0.5) is 23.1 Å². The summed E-state index contributed by atoms with van der Waals surface area (Å²) in [6.07, 6.45) is 3.71. The fourth-order valence-corrected chi connectivity index (χ4v) is 3.65. The van der Waals surface area contributed by atoms with Crippen molar-refractivity contribution < 1.29 is 4.79 Å². The molecule has 1 aliphatic rings. The molecule has 2 N–H and O–H groups in total. The van der Waals surface area contributed by atoms with E-state index in [0.717, 1.165) is 41.5 Å². The Kier molecular flexibility index (Phi) is 5.93. The molecule has 154 valence electrons. The van der Waals surface area contributed by atoms with E-state index >= 15 is 0 Å². The number of hydrogen-bond acceptors (Lipinski definition) is 5. The van der Waals surface area contributed by atoms with Crippen molar-refractivity contribution in [1.29, 1.82) is 0 Å². The Balaban J connectivity index is 1.43. The highest BCUT2D eigenvalue weighted by molar-refractivity contribution is 6.04. The van der Waals surface area contributed by atoms with Crippen LogP contribution in [-0.2, 0) is 0 Å². The smallest absolute Gasteiger partial charge is 0.255 e. The largest absolute Gasteiger partial charge is 0.356 e. The van der Waals surface area contributed by atoms with Gasteiger partial charge in [-0.3, -0.25) is 4.79 Å². The van der Waals surface area contributed by atoms with E-state index in [0.29, 0.717) is 11.5 Å². The van der Waals surface area contributed by atoms with Crippen LogP contribution in [0.3, 0.4) is 0 Å². The molecule has 1 fully saturated rings. The van der Waals surface area contributed by atoms with E-state index < -0.39 is 0 Å². The lowest BCUT2D eigenvalue weighted by atomic mass is 10.1. The summed E-state index contributed by atoms with van der Waals surface area (Å²) >= 11 is 0. The van der Waals surface area contributed by atoms with E-state index in [4.69, 9.17) is 4.98 Å². The van der Waals surface area contributed by atoms with Crippen LogP contribution in [0.25, 0.3) is 0 Å². The second kappa shape index (κ2) is 8.95. The van der Waals surface area contributed by atoms with Gasteiger partial charge < -0.3 is 15.5 Å². The van der Waals surface area contributed by atoms with Gasteiger partial charge >= 0.3 is 0 Å². The maximum atomic E-state index is 12.4. The maximum absolute atomic E-state index is 12.4. The van der Waals surface area contributed by atoms with Crippen LogP contribution in [-0.4, -0.2) is 29.0 Å². The van der Waals surface area contributed by atoms with Crippen molar-refractivity contribution in [3.8, 4) is 0 Å². The second-order valence-electron chi connectivity index (χ2n) is 7.76. The van der Waals surface area contributed by atoms with Crippen molar-refractivity contribution in [2.45, 2.75) is 33.1 Å². The van der Waals surface area contributed by atoms with E-state index in [1.165, 1.54) is 19.3 Å². The van der Waals surface area contributed by atoms with Gasteiger partial charge in [0.2, 0.25) is 5.95 Å². The molecule has 1 amide bonds. The highest BCUT2D eigenvalue weighted by Crippen LogP contribution is 2.22. The van der Waals surface area contributed by atoms with Gasteiger partial charge in [0.25, 0.3) is 5.91 Å². The number of carbonyl (C=O) groups is 1. The molecule has 2 heterocycles. The lowest BCUT2D eigenvalue weighted by Gasteiger charge is -2.28. The van der Waals surface area contributed by atoms with Gasteiger partial charge in [-0.2, -0.15) is 4.98 Å². The van der Waals surface area contributed by atoms with Crippen molar-refractivity contribution in [3.63, 3.8) is 0 Å². The summed E-state index contributed by atoms with van der Waals surface area (Å²) in [5.41, 5.74) is 4.26. The van der Waals surface area contributed by atoms with Crippen LogP contribution in [0.5, 0.6) is 0 Å². The number of aryl methyl sites for hydroxylation is 2. The van der Waals surface area contributed by atoms with E-state index in [1.807, 2.05) is 68.4 Å². The molecule has 30 heavy (non-hydrogen) atoms. The number of aromatic nitrogens is 2. The highest BCUT2D eigenvalue weighted by atomic mass is 16.1. The Hall–Kier alpha value is -3.41. The molecule has 0 unspecified atom stereocenters. The first-order valence-corrected chi connectivity index (χ1v) is 10.4. The fraction of sp³-hybridized carbons (Fsp3) is 0.292. The molecule has 0 bridgehead atoms. The molecule has 2 aromatic carbocycles. The van der Waals surface area contributed by atoms with Crippen LogP contribution in [0.1, 0.15) is 40.9 Å². The van der Waals surface area contributed by atoms with Crippen molar-refractivity contribution in [1.82, 2.24) is 9.97 Å². The van der Waals surface area contributed by atoms with Gasteiger partial charge in [-0.15, -0.1) is 0 Å². The standard InChI is InChI=1S/C24H27N5O/c1-17-7-6-8-19(15-17)23(30)26-20-9-11-21(12-10-20)27-24-25-18(2)16-22(28-24)29-13-4-3-5-14-29/h6-12,15-16H,3-5,13-14H2,1-2H3,(H,26,30)(H,25,27,28). The minimum absolute atomic E-state index is 0.118. The zero-order valence-electron chi connectivity index (χ0n) is 17.5. The Morgan fingerprint density at radius 2 is 1.63 bits per heavy atom. The van der Waals surface area contributed by atoms with Crippen molar-refractivity contribution in [2.75, 3.05) is 28.6 Å². The molecule has 1 aromatic heterocycles. The molecular weight excluding hydrogens is 374 g/mol. The van der Waals surface area contributed by atoms with Gasteiger partial charge in [0.15, 0.2) is 0 Å². The summed E-state index contributed by atoms with van der Waals surface area (Å²) in [4.78, 5) is 24.0. The summed E-state index contributed by atoms with van der Waals surface area (Å²) in [5.74, 6) is 1.45. The molecule has 3 aromatic rings. The topological polar surface area (TPSA) is 70.2 Å². The Morgan fingerprint density at radius 1 is 0.900 bits per heavy atom. The zero-order chi connectivity index (χ0) is 20.9. The number of nitrogens with one attached hydrogen (secondary N) is 2. The van der Waals surface area contributed by atoms with Crippen LogP contribution < -0.4 is 15.5 Å². The first-order chi connectivity index (χ1) is 14.6. The second-order valence-corrected chi connectivity index (χ2v) is 7.76. The number of rotatable bonds is 5. The number of carbonyl (C=O) groups excluding carboxylic acids is 1. The van der Waals surface area contributed by atoms with Gasteiger partial charge in [0.05, 0.1) is 0 Å². The molecule has 0 radical (unpaired) electrons. The van der Waals surface area contributed by atoms with Gasteiger partial charge in [-0.1, -0.05) is 17.7 Å². The predicted octanol–water partition coefficient (Wildman–Crippen LogP) is 5.08. The third-order valence-electron chi connectivity index (χ3n) is 5.20. The summed E-state index contributed by atoms with van der Waals surface area (Å²) in [5, 5.41) is 6.22. The van der Waals surface area contributed by atoms with Crippen molar-refractivity contribution in [2.24, 2.45) is 0 Å². The Labute approximate surface area is 177 Å². The van der Waals surface area contributed by atoms with E-state index in [1.54, 1.807) is 0 Å². The first-order valence-electron chi connectivity index (χ1n) is 10.4. The number of anilines is 4. The first kappa shape index (κ1) is 19.9. The fourth-order valence-electron chi connectivity index (χ4n) is 3.65. The summed E-state index contributed by atoms with van der Waals surface area (Å²) in [7, 11) is 0. The zero-order valence-corrected chi connectivity index (χ0v) is 17.5. The van der Waals surface area contributed by atoms with Crippen molar-refractivity contribution >= 4 is 29.0 Å². The SMILES string of the molecule is Cc1cccc(C(=O)Nc2ccc(Nc3nc(C)cc(N4CCCCC4)n3)cc2)c1. The Morgan fingerprint density at radius 3 is 2.37 bits per heavy atom. The molecule has 0 saturated carbocycles. The van der Waals surface area contributed by atoms with Gasteiger partial charge in [0, 0.05) is 41.8 Å². The van der Waals surface area contributed by atoms with Crippen molar-refractivity contribution in [3.05, 3.63) is 71.4 Å². The van der Waals surface area contributed by atoms with Crippen LogP contribution in [0, 0.1) is 13.8 Å². The minimum atomic E-state index is -0.118. The highest BCUT2D eigenvalue weighted by Gasteiger charge is 2.14. The summed E-state index contributed by atoms with van der Waals surface area (Å²) < 4.78 is 0.